The average molecular weight is 301 g/mol. The van der Waals surface area contributed by atoms with Gasteiger partial charge < -0.3 is 14.8 Å². The van der Waals surface area contributed by atoms with Crippen LogP contribution in [0, 0.1) is 0 Å². The van der Waals surface area contributed by atoms with Crippen LogP contribution in [0.1, 0.15) is 35.7 Å². The highest BCUT2D eigenvalue weighted by Crippen LogP contribution is 2.30. The summed E-state index contributed by atoms with van der Waals surface area (Å²) in [7, 11) is 5.37. The van der Waals surface area contributed by atoms with Crippen molar-refractivity contribution in [3.8, 4) is 11.5 Å². The summed E-state index contributed by atoms with van der Waals surface area (Å²) in [6.45, 7) is 0.784. The van der Waals surface area contributed by atoms with Crippen LogP contribution in [0.2, 0.25) is 0 Å². The Morgan fingerprint density at radius 3 is 2.64 bits per heavy atom. The van der Waals surface area contributed by atoms with Crippen LogP contribution in [0.5, 0.6) is 11.5 Å². The summed E-state index contributed by atoms with van der Waals surface area (Å²) < 4.78 is 12.7. The van der Waals surface area contributed by atoms with E-state index in [1.54, 1.807) is 14.2 Å². The number of methoxy groups -OCH3 is 2. The van der Waals surface area contributed by atoms with Gasteiger partial charge in [0.2, 0.25) is 0 Å². The van der Waals surface area contributed by atoms with Crippen LogP contribution in [0.25, 0.3) is 0 Å². The first kappa shape index (κ1) is 14.9. The van der Waals surface area contributed by atoms with Gasteiger partial charge in [-0.1, -0.05) is 0 Å². The fourth-order valence-electron chi connectivity index (χ4n) is 3.13. The number of ether oxygens (including phenoxy) is 2. The first-order valence-electron chi connectivity index (χ1n) is 7.67. The Balaban J connectivity index is 1.73. The van der Waals surface area contributed by atoms with Gasteiger partial charge in [0.15, 0.2) is 0 Å². The van der Waals surface area contributed by atoms with Crippen LogP contribution in [-0.4, -0.2) is 24.0 Å². The molecule has 5 nitrogen and oxygen atoms in total. The van der Waals surface area contributed by atoms with Crippen molar-refractivity contribution in [1.82, 2.24) is 15.1 Å². The molecule has 1 aliphatic carbocycles. The molecule has 1 aromatic heterocycles. The number of hydrogen-bond acceptors (Lipinski definition) is 4. The molecule has 0 saturated carbocycles. The van der Waals surface area contributed by atoms with E-state index < -0.39 is 0 Å². The molecule has 1 aromatic carbocycles. The van der Waals surface area contributed by atoms with E-state index in [1.807, 2.05) is 36.1 Å². The van der Waals surface area contributed by atoms with Crippen molar-refractivity contribution in [2.24, 2.45) is 7.05 Å². The average Bonchev–Trinajstić information content (AvgIpc) is 2.94. The van der Waals surface area contributed by atoms with Gasteiger partial charge in [0, 0.05) is 37.0 Å². The van der Waals surface area contributed by atoms with Gasteiger partial charge in [-0.3, -0.25) is 4.68 Å². The van der Waals surface area contributed by atoms with Crippen LogP contribution in [-0.2, 0) is 20.0 Å². The predicted octanol–water partition coefficient (Wildman–Crippen LogP) is 2.60. The van der Waals surface area contributed by atoms with E-state index in [-0.39, 0.29) is 0 Å². The molecule has 2 aromatic rings. The number of aryl methyl sites for hydroxylation is 1. The molecular weight excluding hydrogens is 278 g/mol. The summed E-state index contributed by atoms with van der Waals surface area (Å²) in [5.41, 5.74) is 3.85. The molecule has 5 heteroatoms. The van der Waals surface area contributed by atoms with Crippen molar-refractivity contribution in [2.75, 3.05) is 14.2 Å². The monoisotopic (exact) mass is 301 g/mol. The smallest absolute Gasteiger partial charge is 0.122 e. The van der Waals surface area contributed by atoms with E-state index in [4.69, 9.17) is 9.47 Å². The van der Waals surface area contributed by atoms with E-state index in [2.05, 4.69) is 10.4 Å². The second kappa shape index (κ2) is 6.40. The van der Waals surface area contributed by atoms with E-state index in [1.165, 1.54) is 17.7 Å². The zero-order chi connectivity index (χ0) is 15.5. The van der Waals surface area contributed by atoms with Crippen molar-refractivity contribution < 1.29 is 9.47 Å². The van der Waals surface area contributed by atoms with Crippen molar-refractivity contribution in [2.45, 2.75) is 31.8 Å². The van der Waals surface area contributed by atoms with E-state index in [0.29, 0.717) is 6.04 Å². The zero-order valence-corrected chi connectivity index (χ0v) is 13.4. The molecule has 1 atom stereocenters. The minimum Gasteiger partial charge on any atom is -0.497 e. The van der Waals surface area contributed by atoms with Crippen molar-refractivity contribution >= 4 is 0 Å². The molecule has 0 spiro atoms. The highest BCUT2D eigenvalue weighted by atomic mass is 16.5. The Morgan fingerprint density at radius 1 is 1.23 bits per heavy atom. The first-order chi connectivity index (χ1) is 10.7. The van der Waals surface area contributed by atoms with Crippen LogP contribution in [0.4, 0.5) is 0 Å². The molecule has 1 N–H and O–H groups in total. The van der Waals surface area contributed by atoms with E-state index in [0.717, 1.165) is 36.4 Å². The van der Waals surface area contributed by atoms with E-state index in [9.17, 15) is 0 Å². The van der Waals surface area contributed by atoms with Gasteiger partial charge in [-0.15, -0.1) is 0 Å². The minimum absolute atomic E-state index is 0.370. The SMILES string of the molecule is COc1cc(CN[C@@H]2CCCc3c2cnn3C)cc(OC)c1. The molecule has 118 valence electrons. The van der Waals surface area contributed by atoms with Gasteiger partial charge in [0.1, 0.15) is 11.5 Å². The van der Waals surface area contributed by atoms with Gasteiger partial charge in [0.05, 0.1) is 20.4 Å². The Hall–Kier alpha value is -2.01. The molecule has 1 aliphatic rings. The van der Waals surface area contributed by atoms with Gasteiger partial charge in [-0.05, 0) is 37.0 Å². The summed E-state index contributed by atoms with van der Waals surface area (Å²) in [5, 5.41) is 8.04. The number of aromatic nitrogens is 2. The van der Waals surface area contributed by atoms with Crippen molar-refractivity contribution in [3.63, 3.8) is 0 Å². The third-order valence-corrected chi connectivity index (χ3v) is 4.34. The Morgan fingerprint density at radius 2 is 1.95 bits per heavy atom. The van der Waals surface area contributed by atoms with E-state index >= 15 is 0 Å². The second-order valence-electron chi connectivity index (χ2n) is 5.72. The topological polar surface area (TPSA) is 48.3 Å². The lowest BCUT2D eigenvalue weighted by atomic mass is 9.93. The van der Waals surface area contributed by atoms with Gasteiger partial charge in [-0.25, -0.2) is 0 Å². The molecule has 1 heterocycles. The molecule has 3 rings (SSSR count). The predicted molar refractivity (Wildman–Crippen MR) is 85.3 cm³/mol. The normalized spacial score (nSPS) is 17.1. The first-order valence-corrected chi connectivity index (χ1v) is 7.67. The van der Waals surface area contributed by atoms with Gasteiger partial charge >= 0.3 is 0 Å². The Bertz CT molecular complexity index is 629. The minimum atomic E-state index is 0.370. The highest BCUT2D eigenvalue weighted by molar-refractivity contribution is 5.38. The maximum absolute atomic E-state index is 5.33. The van der Waals surface area contributed by atoms with Gasteiger partial charge in [-0.2, -0.15) is 5.10 Å². The largest absolute Gasteiger partial charge is 0.497 e. The number of nitrogens with one attached hydrogen (secondary N) is 1. The number of benzene rings is 1. The molecule has 22 heavy (non-hydrogen) atoms. The summed E-state index contributed by atoms with van der Waals surface area (Å²) in [6.07, 6.45) is 5.47. The van der Waals surface area contributed by atoms with Crippen LogP contribution in [0.3, 0.4) is 0 Å². The maximum Gasteiger partial charge on any atom is 0.122 e. The number of rotatable bonds is 5. The standard InChI is InChI=1S/C17H23N3O2/c1-20-17-6-4-5-16(15(17)11-19-20)18-10-12-7-13(21-2)9-14(8-12)22-3/h7-9,11,16,18H,4-6,10H2,1-3H3/t16-/m1/s1. The molecule has 0 unspecified atom stereocenters. The van der Waals surface area contributed by atoms with Crippen molar-refractivity contribution in [1.29, 1.82) is 0 Å². The van der Waals surface area contributed by atoms with Gasteiger partial charge in [0.25, 0.3) is 0 Å². The lowest BCUT2D eigenvalue weighted by Gasteiger charge is -2.24. The highest BCUT2D eigenvalue weighted by Gasteiger charge is 2.22. The Kier molecular flexibility index (Phi) is 4.34. The lowest BCUT2D eigenvalue weighted by Crippen LogP contribution is -2.25. The lowest BCUT2D eigenvalue weighted by molar-refractivity contribution is 0.392. The summed E-state index contributed by atoms with van der Waals surface area (Å²) >= 11 is 0. The molecule has 0 saturated heterocycles. The molecule has 0 aliphatic heterocycles. The number of fused-ring (bicyclic) bond motifs is 1. The number of nitrogens with zero attached hydrogens (tertiary/aromatic N) is 2. The second-order valence-corrected chi connectivity index (χ2v) is 5.72. The molecule has 0 bridgehead atoms. The van der Waals surface area contributed by atoms with Crippen molar-refractivity contribution in [3.05, 3.63) is 41.2 Å². The third kappa shape index (κ3) is 2.95. The molecule has 0 amide bonds. The van der Waals surface area contributed by atoms with Crippen LogP contribution >= 0.6 is 0 Å². The fourth-order valence-corrected chi connectivity index (χ4v) is 3.13. The molecule has 0 fully saturated rings. The zero-order valence-electron chi connectivity index (χ0n) is 13.4. The summed E-state index contributed by atoms with van der Waals surface area (Å²) in [4.78, 5) is 0. The fraction of sp³-hybridized carbons (Fsp3) is 0.471. The summed E-state index contributed by atoms with van der Waals surface area (Å²) in [6, 6.07) is 6.35. The molecular formula is C17H23N3O2. The number of hydrogen-bond donors (Lipinski definition) is 1. The Labute approximate surface area is 131 Å². The van der Waals surface area contributed by atoms with Crippen LogP contribution < -0.4 is 14.8 Å². The van der Waals surface area contributed by atoms with Crippen LogP contribution in [0.15, 0.2) is 24.4 Å². The summed E-state index contributed by atoms with van der Waals surface area (Å²) in [5.74, 6) is 1.64. The maximum atomic E-state index is 5.33. The quantitative estimate of drug-likeness (QED) is 0.922. The third-order valence-electron chi connectivity index (χ3n) is 4.34. The molecule has 0 radical (unpaired) electrons.